The Labute approximate surface area is 107 Å². The van der Waals surface area contributed by atoms with E-state index >= 15 is 0 Å². The van der Waals surface area contributed by atoms with Gasteiger partial charge in [0, 0.05) is 31.1 Å². The Bertz CT molecular complexity index is 229. The van der Waals surface area contributed by atoms with Crippen molar-refractivity contribution < 1.29 is 4.79 Å². The maximum absolute atomic E-state index is 12.1. The normalized spacial score (nSPS) is 12.3. The SMILES string of the molecule is CC(C)CN(C(=O)CCNC(C)(C)C)C(C)C. The summed E-state index contributed by atoms with van der Waals surface area (Å²) in [5.74, 6) is 0.780. The van der Waals surface area contributed by atoms with Crippen LogP contribution >= 0.6 is 0 Å². The highest BCUT2D eigenvalue weighted by Gasteiger charge is 2.18. The molecule has 0 aliphatic heterocycles. The molecule has 0 aromatic rings. The zero-order valence-corrected chi connectivity index (χ0v) is 12.6. The van der Waals surface area contributed by atoms with E-state index < -0.39 is 0 Å². The summed E-state index contributed by atoms with van der Waals surface area (Å²) in [5, 5.41) is 3.35. The predicted octanol–water partition coefficient (Wildman–Crippen LogP) is 2.66. The molecule has 0 spiro atoms. The van der Waals surface area contributed by atoms with Crippen LogP contribution in [0.25, 0.3) is 0 Å². The summed E-state index contributed by atoms with van der Waals surface area (Å²) < 4.78 is 0. The van der Waals surface area contributed by atoms with Gasteiger partial charge in [-0.15, -0.1) is 0 Å². The van der Waals surface area contributed by atoms with Gasteiger partial charge in [-0.1, -0.05) is 13.8 Å². The van der Waals surface area contributed by atoms with E-state index in [2.05, 4.69) is 53.8 Å². The summed E-state index contributed by atoms with van der Waals surface area (Å²) in [7, 11) is 0. The van der Waals surface area contributed by atoms with E-state index in [1.807, 2.05) is 4.90 Å². The molecule has 17 heavy (non-hydrogen) atoms. The second kappa shape index (κ2) is 7.00. The lowest BCUT2D eigenvalue weighted by Gasteiger charge is -2.29. The first-order valence-corrected chi connectivity index (χ1v) is 6.68. The molecule has 3 nitrogen and oxygen atoms in total. The van der Waals surface area contributed by atoms with E-state index in [0.29, 0.717) is 18.4 Å². The van der Waals surface area contributed by atoms with E-state index in [0.717, 1.165) is 13.1 Å². The van der Waals surface area contributed by atoms with Gasteiger partial charge in [-0.2, -0.15) is 0 Å². The lowest BCUT2D eigenvalue weighted by atomic mass is 10.1. The first kappa shape index (κ1) is 16.4. The third-order valence-electron chi connectivity index (χ3n) is 2.50. The van der Waals surface area contributed by atoms with Crippen LogP contribution in [-0.2, 0) is 4.79 Å². The Morgan fingerprint density at radius 2 is 1.71 bits per heavy atom. The number of hydrogen-bond acceptors (Lipinski definition) is 2. The number of carbonyl (C=O) groups is 1. The van der Waals surface area contributed by atoms with Crippen molar-refractivity contribution in [1.82, 2.24) is 10.2 Å². The van der Waals surface area contributed by atoms with Gasteiger partial charge >= 0.3 is 0 Å². The van der Waals surface area contributed by atoms with E-state index in [-0.39, 0.29) is 11.4 Å². The topological polar surface area (TPSA) is 32.3 Å². The number of rotatable bonds is 6. The maximum Gasteiger partial charge on any atom is 0.224 e. The zero-order valence-electron chi connectivity index (χ0n) is 12.6. The molecule has 0 radical (unpaired) electrons. The lowest BCUT2D eigenvalue weighted by Crippen LogP contribution is -2.43. The number of nitrogens with zero attached hydrogens (tertiary/aromatic N) is 1. The predicted molar refractivity (Wildman–Crippen MR) is 74.1 cm³/mol. The van der Waals surface area contributed by atoms with Gasteiger partial charge in [0.1, 0.15) is 0 Å². The Balaban J connectivity index is 4.16. The van der Waals surface area contributed by atoms with Crippen molar-refractivity contribution in [3.8, 4) is 0 Å². The minimum absolute atomic E-state index is 0.0843. The fourth-order valence-electron chi connectivity index (χ4n) is 1.68. The monoisotopic (exact) mass is 242 g/mol. The molecule has 1 N–H and O–H groups in total. The van der Waals surface area contributed by atoms with Crippen LogP contribution in [-0.4, -0.2) is 35.5 Å². The van der Waals surface area contributed by atoms with Gasteiger partial charge in [-0.05, 0) is 40.5 Å². The highest BCUT2D eigenvalue weighted by Crippen LogP contribution is 2.07. The molecule has 0 bridgehead atoms. The Morgan fingerprint density at radius 3 is 2.06 bits per heavy atom. The van der Waals surface area contributed by atoms with E-state index in [1.165, 1.54) is 0 Å². The number of amides is 1. The van der Waals surface area contributed by atoms with Gasteiger partial charge < -0.3 is 10.2 Å². The third-order valence-corrected chi connectivity index (χ3v) is 2.50. The minimum Gasteiger partial charge on any atom is -0.340 e. The largest absolute Gasteiger partial charge is 0.340 e. The Hall–Kier alpha value is -0.570. The average Bonchev–Trinajstić information content (AvgIpc) is 2.11. The van der Waals surface area contributed by atoms with Gasteiger partial charge in [-0.25, -0.2) is 0 Å². The molecule has 0 saturated heterocycles. The molecule has 0 aromatic heterocycles. The smallest absolute Gasteiger partial charge is 0.224 e. The van der Waals surface area contributed by atoms with Crippen LogP contribution in [0.15, 0.2) is 0 Å². The van der Waals surface area contributed by atoms with E-state index in [1.54, 1.807) is 0 Å². The van der Waals surface area contributed by atoms with Gasteiger partial charge in [0.25, 0.3) is 0 Å². The Morgan fingerprint density at radius 1 is 1.18 bits per heavy atom. The molecule has 0 aliphatic rings. The summed E-state index contributed by atoms with van der Waals surface area (Å²) in [6.45, 7) is 16.4. The summed E-state index contributed by atoms with van der Waals surface area (Å²) in [5.41, 5.74) is 0.0843. The number of carbonyl (C=O) groups excluding carboxylic acids is 1. The van der Waals surface area contributed by atoms with Crippen molar-refractivity contribution in [2.24, 2.45) is 5.92 Å². The second-order valence-corrected chi connectivity index (χ2v) is 6.46. The molecule has 0 fully saturated rings. The summed E-state index contributed by atoms with van der Waals surface area (Å²) in [4.78, 5) is 14.1. The fraction of sp³-hybridized carbons (Fsp3) is 0.929. The molecule has 0 saturated carbocycles. The quantitative estimate of drug-likeness (QED) is 0.776. The van der Waals surface area contributed by atoms with Gasteiger partial charge in [0.05, 0.1) is 0 Å². The maximum atomic E-state index is 12.1. The molecule has 1 amide bonds. The molecule has 0 heterocycles. The van der Waals surface area contributed by atoms with Gasteiger partial charge in [-0.3, -0.25) is 4.79 Å². The highest BCUT2D eigenvalue weighted by atomic mass is 16.2. The van der Waals surface area contributed by atoms with Crippen molar-refractivity contribution in [3.63, 3.8) is 0 Å². The fourth-order valence-corrected chi connectivity index (χ4v) is 1.68. The molecule has 3 heteroatoms. The number of nitrogens with one attached hydrogen (secondary N) is 1. The van der Waals surface area contributed by atoms with Crippen molar-refractivity contribution in [2.45, 2.75) is 66.5 Å². The van der Waals surface area contributed by atoms with Crippen LogP contribution in [0.4, 0.5) is 0 Å². The highest BCUT2D eigenvalue weighted by molar-refractivity contribution is 5.76. The molecule has 0 aromatic carbocycles. The Kier molecular flexibility index (Phi) is 6.76. The van der Waals surface area contributed by atoms with Crippen LogP contribution < -0.4 is 5.32 Å². The van der Waals surface area contributed by atoms with Crippen LogP contribution in [0.5, 0.6) is 0 Å². The first-order valence-electron chi connectivity index (χ1n) is 6.68. The van der Waals surface area contributed by atoms with E-state index in [9.17, 15) is 4.79 Å². The molecular weight excluding hydrogens is 212 g/mol. The third kappa shape index (κ3) is 8.19. The minimum atomic E-state index is 0.0843. The van der Waals surface area contributed by atoms with Crippen molar-refractivity contribution in [1.29, 1.82) is 0 Å². The van der Waals surface area contributed by atoms with Crippen LogP contribution in [0.2, 0.25) is 0 Å². The molecule has 0 unspecified atom stereocenters. The molecule has 0 rings (SSSR count). The second-order valence-electron chi connectivity index (χ2n) is 6.46. The lowest BCUT2D eigenvalue weighted by molar-refractivity contribution is -0.133. The molecule has 0 atom stereocenters. The number of hydrogen-bond donors (Lipinski definition) is 1. The van der Waals surface area contributed by atoms with Crippen molar-refractivity contribution in [3.05, 3.63) is 0 Å². The van der Waals surface area contributed by atoms with Gasteiger partial charge in [0.2, 0.25) is 5.91 Å². The zero-order chi connectivity index (χ0) is 13.6. The van der Waals surface area contributed by atoms with Crippen molar-refractivity contribution in [2.75, 3.05) is 13.1 Å². The van der Waals surface area contributed by atoms with Crippen molar-refractivity contribution >= 4 is 5.91 Å². The molecule has 0 aliphatic carbocycles. The summed E-state index contributed by atoms with van der Waals surface area (Å²) in [6.07, 6.45) is 0.585. The van der Waals surface area contributed by atoms with Crippen LogP contribution in [0.3, 0.4) is 0 Å². The van der Waals surface area contributed by atoms with Crippen LogP contribution in [0.1, 0.15) is 54.9 Å². The summed E-state index contributed by atoms with van der Waals surface area (Å²) in [6, 6.07) is 0.291. The van der Waals surface area contributed by atoms with E-state index in [4.69, 9.17) is 0 Å². The van der Waals surface area contributed by atoms with Crippen LogP contribution in [0, 0.1) is 5.92 Å². The first-order chi connectivity index (χ1) is 7.63. The standard InChI is InChI=1S/C14H30N2O/c1-11(2)10-16(12(3)4)13(17)8-9-15-14(5,6)7/h11-12,15H,8-10H2,1-7H3. The average molecular weight is 242 g/mol. The molecular formula is C14H30N2O. The summed E-state index contributed by atoms with van der Waals surface area (Å²) >= 11 is 0. The molecule has 102 valence electrons. The van der Waals surface area contributed by atoms with Gasteiger partial charge in [0.15, 0.2) is 0 Å².